The van der Waals surface area contributed by atoms with Crippen molar-refractivity contribution in [3.05, 3.63) is 72.4 Å². The molecule has 222 valence electrons. The number of hydrogen-bond donors (Lipinski definition) is 1. The lowest BCUT2D eigenvalue weighted by Crippen LogP contribution is -2.36. The van der Waals surface area contributed by atoms with Crippen LogP contribution in [0.2, 0.25) is 0 Å². The monoisotopic (exact) mass is 604 g/mol. The minimum atomic E-state index is -5.08. The van der Waals surface area contributed by atoms with Crippen molar-refractivity contribution in [1.29, 1.82) is 0 Å². The molecular weight excluding hydrogens is 578 g/mol. The number of ether oxygens (including phenoxy) is 1. The standard InChI is InChI=1S/C25H25F3N2O3S.C2HF3O2/c1-34(31,32)22-11-7-20(8-12-22)19-5-9-21(10-6-19)33-17-18-13-15-30(16-14-18)24-4-2-3-23(29-24)25(26,27)28;3-2(4,5)1(6)7/h2-12,18H,13-17H2,1H3;(H,6,7). The molecule has 0 amide bonds. The number of aromatic nitrogens is 1. The molecule has 1 fully saturated rings. The second kappa shape index (κ2) is 12.8. The maximum Gasteiger partial charge on any atom is 0.490 e. The average molecular weight is 605 g/mol. The number of anilines is 1. The van der Waals surface area contributed by atoms with E-state index in [1.54, 1.807) is 30.3 Å². The van der Waals surface area contributed by atoms with Crippen molar-refractivity contribution in [3.8, 4) is 16.9 Å². The number of nitrogens with zero attached hydrogens (tertiary/aromatic N) is 2. The van der Waals surface area contributed by atoms with E-state index in [0.717, 1.165) is 35.8 Å². The Labute approximate surface area is 232 Å². The van der Waals surface area contributed by atoms with Crippen LogP contribution < -0.4 is 9.64 Å². The molecule has 2 heterocycles. The number of sulfone groups is 1. The Hall–Kier alpha value is -3.81. The molecule has 0 aliphatic carbocycles. The minimum Gasteiger partial charge on any atom is -0.493 e. The van der Waals surface area contributed by atoms with Gasteiger partial charge in [-0.2, -0.15) is 26.3 Å². The van der Waals surface area contributed by atoms with Crippen LogP contribution >= 0.6 is 0 Å². The molecule has 2 aromatic carbocycles. The predicted molar refractivity (Wildman–Crippen MR) is 138 cm³/mol. The molecule has 41 heavy (non-hydrogen) atoms. The van der Waals surface area contributed by atoms with E-state index in [0.29, 0.717) is 31.4 Å². The number of aliphatic carboxylic acids is 1. The molecule has 7 nitrogen and oxygen atoms in total. The Kier molecular flexibility index (Phi) is 9.89. The number of piperidine rings is 1. The SMILES string of the molecule is CS(=O)(=O)c1ccc(-c2ccc(OCC3CCN(c4cccc(C(F)(F)F)n4)CC3)cc2)cc1.O=C(O)C(F)(F)F. The van der Waals surface area contributed by atoms with Crippen molar-refractivity contribution in [3.63, 3.8) is 0 Å². The highest BCUT2D eigenvalue weighted by molar-refractivity contribution is 7.90. The zero-order chi connectivity index (χ0) is 30.4. The van der Waals surface area contributed by atoms with E-state index in [1.165, 1.54) is 12.3 Å². The van der Waals surface area contributed by atoms with Crippen molar-refractivity contribution in [2.24, 2.45) is 5.92 Å². The largest absolute Gasteiger partial charge is 0.493 e. The number of halogens is 6. The maximum absolute atomic E-state index is 12.9. The van der Waals surface area contributed by atoms with Crippen molar-refractivity contribution >= 4 is 21.6 Å². The first-order valence-corrected chi connectivity index (χ1v) is 14.1. The molecule has 1 saturated heterocycles. The fourth-order valence-electron chi connectivity index (χ4n) is 3.94. The van der Waals surface area contributed by atoms with E-state index in [4.69, 9.17) is 14.6 Å². The summed E-state index contributed by atoms with van der Waals surface area (Å²) in [7, 11) is -3.23. The van der Waals surface area contributed by atoms with Crippen LogP contribution in [0.15, 0.2) is 71.6 Å². The van der Waals surface area contributed by atoms with Gasteiger partial charge in [-0.15, -0.1) is 0 Å². The van der Waals surface area contributed by atoms with Gasteiger partial charge in [-0.1, -0.05) is 30.3 Å². The topological polar surface area (TPSA) is 96.8 Å². The summed E-state index contributed by atoms with van der Waals surface area (Å²) < 4.78 is 99.6. The highest BCUT2D eigenvalue weighted by Gasteiger charge is 2.38. The van der Waals surface area contributed by atoms with Gasteiger partial charge in [-0.05, 0) is 66.3 Å². The maximum atomic E-state index is 12.9. The third-order valence-electron chi connectivity index (χ3n) is 6.16. The summed E-state index contributed by atoms with van der Waals surface area (Å²) in [5.74, 6) is -1.36. The lowest BCUT2D eigenvalue weighted by molar-refractivity contribution is -0.192. The van der Waals surface area contributed by atoms with Gasteiger partial charge in [0.15, 0.2) is 9.84 Å². The predicted octanol–water partition coefficient (Wildman–Crippen LogP) is 6.10. The number of carboxylic acid groups (broad SMARTS) is 1. The smallest absolute Gasteiger partial charge is 0.490 e. The summed E-state index contributed by atoms with van der Waals surface area (Å²) in [6.45, 7) is 1.79. The summed E-state index contributed by atoms with van der Waals surface area (Å²) in [5, 5.41) is 7.12. The average Bonchev–Trinajstić information content (AvgIpc) is 2.91. The van der Waals surface area contributed by atoms with E-state index in [1.807, 2.05) is 29.2 Å². The lowest BCUT2D eigenvalue weighted by atomic mass is 9.98. The summed E-state index contributed by atoms with van der Waals surface area (Å²) in [4.78, 5) is 14.8. The van der Waals surface area contributed by atoms with Gasteiger partial charge in [-0.25, -0.2) is 18.2 Å². The lowest BCUT2D eigenvalue weighted by Gasteiger charge is -2.33. The molecule has 1 aliphatic rings. The second-order valence-electron chi connectivity index (χ2n) is 9.24. The zero-order valence-electron chi connectivity index (χ0n) is 21.6. The summed E-state index contributed by atoms with van der Waals surface area (Å²) in [6, 6.07) is 18.3. The molecule has 1 aliphatic heterocycles. The Morgan fingerprint density at radius 3 is 1.90 bits per heavy atom. The van der Waals surface area contributed by atoms with Gasteiger partial charge in [0.25, 0.3) is 0 Å². The van der Waals surface area contributed by atoms with Gasteiger partial charge in [0, 0.05) is 19.3 Å². The molecule has 1 aromatic heterocycles. The van der Waals surface area contributed by atoms with E-state index in [-0.39, 0.29) is 4.90 Å². The number of benzene rings is 2. The van der Waals surface area contributed by atoms with Crippen LogP contribution in [-0.4, -0.2) is 56.6 Å². The van der Waals surface area contributed by atoms with E-state index >= 15 is 0 Å². The fourth-order valence-corrected chi connectivity index (χ4v) is 4.57. The van der Waals surface area contributed by atoms with Gasteiger partial charge in [0.05, 0.1) is 11.5 Å². The third kappa shape index (κ3) is 9.37. The van der Waals surface area contributed by atoms with Gasteiger partial charge >= 0.3 is 18.3 Å². The highest BCUT2D eigenvalue weighted by atomic mass is 32.2. The van der Waals surface area contributed by atoms with Gasteiger partial charge in [0.1, 0.15) is 17.3 Å². The molecule has 3 aromatic rings. The van der Waals surface area contributed by atoms with E-state index < -0.39 is 33.9 Å². The van der Waals surface area contributed by atoms with Crippen molar-refractivity contribution in [2.45, 2.75) is 30.1 Å². The van der Waals surface area contributed by atoms with Crippen LogP contribution in [0.3, 0.4) is 0 Å². The fraction of sp³-hybridized carbons (Fsp3) is 0.333. The Balaban J connectivity index is 0.000000587. The van der Waals surface area contributed by atoms with Crippen molar-refractivity contribution in [2.75, 3.05) is 30.9 Å². The number of hydrogen-bond acceptors (Lipinski definition) is 6. The van der Waals surface area contributed by atoms with Gasteiger partial charge < -0.3 is 14.7 Å². The van der Waals surface area contributed by atoms with Gasteiger partial charge in [0.2, 0.25) is 0 Å². The van der Waals surface area contributed by atoms with E-state index in [2.05, 4.69) is 4.98 Å². The highest BCUT2D eigenvalue weighted by Crippen LogP contribution is 2.30. The first kappa shape index (κ1) is 31.7. The van der Waals surface area contributed by atoms with Crippen LogP contribution in [-0.2, 0) is 20.8 Å². The van der Waals surface area contributed by atoms with Crippen LogP contribution in [0.4, 0.5) is 32.2 Å². The molecular formula is C27H26F6N2O5S. The molecule has 0 radical (unpaired) electrons. The van der Waals surface area contributed by atoms with Crippen LogP contribution in [0, 0.1) is 5.92 Å². The number of pyridine rings is 1. The number of rotatable bonds is 6. The first-order chi connectivity index (χ1) is 19.0. The summed E-state index contributed by atoms with van der Waals surface area (Å²) >= 11 is 0. The minimum absolute atomic E-state index is 0.283. The normalized spacial score (nSPS) is 14.7. The molecule has 1 N–H and O–H groups in total. The van der Waals surface area contributed by atoms with E-state index in [9.17, 15) is 34.8 Å². The first-order valence-electron chi connectivity index (χ1n) is 12.2. The molecule has 0 unspecified atom stereocenters. The van der Waals surface area contributed by atoms with Crippen LogP contribution in [0.25, 0.3) is 11.1 Å². The Morgan fingerprint density at radius 2 is 1.44 bits per heavy atom. The molecule has 0 bridgehead atoms. The molecule has 0 atom stereocenters. The number of carbonyl (C=O) groups is 1. The molecule has 14 heteroatoms. The van der Waals surface area contributed by atoms with Crippen molar-refractivity contribution < 1.29 is 49.4 Å². The second-order valence-corrected chi connectivity index (χ2v) is 11.3. The number of alkyl halides is 6. The third-order valence-corrected chi connectivity index (χ3v) is 7.29. The van der Waals surface area contributed by atoms with Gasteiger partial charge in [-0.3, -0.25) is 0 Å². The summed E-state index contributed by atoms with van der Waals surface area (Å²) in [5.41, 5.74) is 0.995. The molecule has 0 spiro atoms. The van der Waals surface area contributed by atoms with Crippen LogP contribution in [0.5, 0.6) is 5.75 Å². The number of carboxylic acids is 1. The Bertz CT molecular complexity index is 1420. The van der Waals surface area contributed by atoms with Crippen LogP contribution in [0.1, 0.15) is 18.5 Å². The summed E-state index contributed by atoms with van der Waals surface area (Å²) in [6.07, 6.45) is -6.73. The molecule has 0 saturated carbocycles. The Morgan fingerprint density at radius 1 is 0.927 bits per heavy atom. The molecule has 4 rings (SSSR count). The van der Waals surface area contributed by atoms with Crippen molar-refractivity contribution in [1.82, 2.24) is 4.98 Å². The zero-order valence-corrected chi connectivity index (χ0v) is 22.4. The quantitative estimate of drug-likeness (QED) is 0.340.